The monoisotopic (exact) mass is 205 g/mol. The number of imidazole rings is 1. The molecule has 0 bridgehead atoms. The molecule has 0 spiro atoms. The van der Waals surface area contributed by atoms with Crippen molar-refractivity contribution in [1.82, 2.24) is 9.55 Å². The predicted octanol–water partition coefficient (Wildman–Crippen LogP) is 1.95. The van der Waals surface area contributed by atoms with Crippen LogP contribution in [-0.4, -0.2) is 9.55 Å². The third-order valence-electron chi connectivity index (χ3n) is 2.52. The average molecular weight is 205 g/mol. The highest BCUT2D eigenvalue weighted by Crippen LogP contribution is 2.18. The minimum absolute atomic E-state index is 0.0540. The lowest BCUT2D eigenvalue weighted by Gasteiger charge is -2.17. The van der Waals surface area contributed by atoms with E-state index in [-0.39, 0.29) is 6.04 Å². The van der Waals surface area contributed by atoms with Gasteiger partial charge in [-0.1, -0.05) is 13.8 Å². The fourth-order valence-electron chi connectivity index (χ4n) is 1.49. The second kappa shape index (κ2) is 5.57. The summed E-state index contributed by atoms with van der Waals surface area (Å²) in [7, 11) is 0. The lowest BCUT2D eigenvalue weighted by Crippen LogP contribution is -2.20. The van der Waals surface area contributed by atoms with Crippen molar-refractivity contribution in [2.45, 2.75) is 39.3 Å². The number of aryl methyl sites for hydroxylation is 1. The normalized spacial score (nSPS) is 12.7. The molecule has 0 aliphatic carbocycles. The number of hydrogen-bond donors (Lipinski definition) is 1. The summed E-state index contributed by atoms with van der Waals surface area (Å²) in [6.45, 7) is 5.13. The molecule has 0 aliphatic rings. The lowest BCUT2D eigenvalue weighted by molar-refractivity contribution is 0.474. The molecular formula is C12H19N3. The number of unbranched alkanes of at least 4 members (excludes halogenated alkanes) is 1. The summed E-state index contributed by atoms with van der Waals surface area (Å²) in [5, 5.41) is 0. The molecule has 82 valence electrons. The zero-order chi connectivity index (χ0) is 11.3. The Morgan fingerprint density at radius 1 is 1.60 bits per heavy atom. The molecule has 0 fully saturated rings. The van der Waals surface area contributed by atoms with Crippen molar-refractivity contribution in [2.75, 3.05) is 0 Å². The number of hydrogen-bond acceptors (Lipinski definition) is 2. The highest BCUT2D eigenvalue weighted by molar-refractivity contribution is 5.05. The Balaban J connectivity index is 2.65. The molecule has 3 heteroatoms. The maximum atomic E-state index is 6.09. The van der Waals surface area contributed by atoms with Crippen molar-refractivity contribution >= 4 is 0 Å². The van der Waals surface area contributed by atoms with Gasteiger partial charge in [0.2, 0.25) is 0 Å². The van der Waals surface area contributed by atoms with Gasteiger partial charge in [-0.15, -0.1) is 12.3 Å². The second-order valence-corrected chi connectivity index (χ2v) is 4.09. The van der Waals surface area contributed by atoms with Crippen molar-refractivity contribution in [3.05, 3.63) is 18.2 Å². The first-order chi connectivity index (χ1) is 7.16. The molecule has 15 heavy (non-hydrogen) atoms. The Hall–Kier alpha value is -1.27. The van der Waals surface area contributed by atoms with Crippen LogP contribution in [0, 0.1) is 18.3 Å². The molecule has 0 saturated heterocycles. The van der Waals surface area contributed by atoms with Crippen LogP contribution in [0.1, 0.15) is 38.4 Å². The Morgan fingerprint density at radius 2 is 2.33 bits per heavy atom. The van der Waals surface area contributed by atoms with Crippen molar-refractivity contribution in [1.29, 1.82) is 0 Å². The summed E-state index contributed by atoms with van der Waals surface area (Å²) in [5.41, 5.74) is 7.19. The van der Waals surface area contributed by atoms with E-state index in [2.05, 4.69) is 29.3 Å². The van der Waals surface area contributed by atoms with Gasteiger partial charge in [0.15, 0.2) is 0 Å². The van der Waals surface area contributed by atoms with Crippen LogP contribution in [0.15, 0.2) is 12.5 Å². The van der Waals surface area contributed by atoms with E-state index < -0.39 is 0 Å². The molecule has 0 radical (unpaired) electrons. The predicted molar refractivity (Wildman–Crippen MR) is 62.1 cm³/mol. The largest absolute Gasteiger partial charge is 0.333 e. The first kappa shape index (κ1) is 11.8. The average Bonchev–Trinajstić information content (AvgIpc) is 2.65. The van der Waals surface area contributed by atoms with E-state index in [4.69, 9.17) is 12.2 Å². The summed E-state index contributed by atoms with van der Waals surface area (Å²) in [4.78, 5) is 4.14. The second-order valence-electron chi connectivity index (χ2n) is 4.09. The molecule has 1 rings (SSSR count). The van der Waals surface area contributed by atoms with Crippen LogP contribution in [0.4, 0.5) is 0 Å². The first-order valence-electron chi connectivity index (χ1n) is 5.36. The van der Waals surface area contributed by atoms with Crippen LogP contribution in [0.5, 0.6) is 0 Å². The van der Waals surface area contributed by atoms with Gasteiger partial charge >= 0.3 is 0 Å². The summed E-state index contributed by atoms with van der Waals surface area (Å²) in [5.74, 6) is 3.06. The van der Waals surface area contributed by atoms with E-state index in [9.17, 15) is 0 Å². The Labute approximate surface area is 91.7 Å². The summed E-state index contributed by atoms with van der Waals surface area (Å²) in [6, 6.07) is 0.0540. The summed E-state index contributed by atoms with van der Waals surface area (Å²) >= 11 is 0. The topological polar surface area (TPSA) is 43.8 Å². The zero-order valence-electron chi connectivity index (χ0n) is 9.48. The van der Waals surface area contributed by atoms with Gasteiger partial charge in [0.25, 0.3) is 0 Å². The van der Waals surface area contributed by atoms with Crippen LogP contribution < -0.4 is 5.73 Å². The smallest absolute Gasteiger partial charge is 0.0948 e. The molecular weight excluding hydrogens is 186 g/mol. The van der Waals surface area contributed by atoms with Crippen LogP contribution in [0.3, 0.4) is 0 Å². The highest BCUT2D eigenvalue weighted by Gasteiger charge is 2.14. The molecule has 3 nitrogen and oxygen atoms in total. The van der Waals surface area contributed by atoms with Crippen LogP contribution >= 0.6 is 0 Å². The highest BCUT2D eigenvalue weighted by atomic mass is 15.1. The van der Waals surface area contributed by atoms with Crippen LogP contribution in [0.25, 0.3) is 0 Å². The molecule has 0 aromatic carbocycles. The molecule has 2 N–H and O–H groups in total. The van der Waals surface area contributed by atoms with Gasteiger partial charge in [-0.05, 0) is 12.3 Å². The minimum Gasteiger partial charge on any atom is -0.333 e. The summed E-state index contributed by atoms with van der Waals surface area (Å²) < 4.78 is 2.10. The third kappa shape index (κ3) is 3.10. The summed E-state index contributed by atoms with van der Waals surface area (Å²) in [6.07, 6.45) is 10.7. The van der Waals surface area contributed by atoms with E-state index in [1.54, 1.807) is 0 Å². The fourth-order valence-corrected chi connectivity index (χ4v) is 1.49. The van der Waals surface area contributed by atoms with Gasteiger partial charge in [0.05, 0.1) is 12.0 Å². The van der Waals surface area contributed by atoms with E-state index in [0.29, 0.717) is 5.92 Å². The molecule has 1 atom stereocenters. The minimum atomic E-state index is 0.0540. The fraction of sp³-hybridized carbons (Fsp3) is 0.583. The molecule has 1 heterocycles. The number of terminal acetylenes is 1. The Kier molecular flexibility index (Phi) is 4.38. The van der Waals surface area contributed by atoms with Crippen molar-refractivity contribution in [3.8, 4) is 12.3 Å². The van der Waals surface area contributed by atoms with E-state index >= 15 is 0 Å². The maximum Gasteiger partial charge on any atom is 0.0948 e. The number of rotatable bonds is 5. The van der Waals surface area contributed by atoms with Crippen molar-refractivity contribution < 1.29 is 0 Å². The molecule has 1 aromatic rings. The maximum absolute atomic E-state index is 6.09. The van der Waals surface area contributed by atoms with Gasteiger partial charge in [-0.2, -0.15) is 0 Å². The lowest BCUT2D eigenvalue weighted by atomic mass is 10.0. The van der Waals surface area contributed by atoms with E-state index in [0.717, 1.165) is 25.1 Å². The first-order valence-corrected chi connectivity index (χ1v) is 5.36. The van der Waals surface area contributed by atoms with Crippen molar-refractivity contribution in [3.63, 3.8) is 0 Å². The zero-order valence-corrected chi connectivity index (χ0v) is 9.48. The van der Waals surface area contributed by atoms with Crippen molar-refractivity contribution in [2.24, 2.45) is 11.7 Å². The van der Waals surface area contributed by atoms with Gasteiger partial charge in [0, 0.05) is 25.2 Å². The van der Waals surface area contributed by atoms with Gasteiger partial charge < -0.3 is 10.3 Å². The van der Waals surface area contributed by atoms with Gasteiger partial charge in [0.1, 0.15) is 0 Å². The molecule has 0 amide bonds. The number of nitrogens with zero attached hydrogens (tertiary/aromatic N) is 2. The Morgan fingerprint density at radius 3 is 2.93 bits per heavy atom. The third-order valence-corrected chi connectivity index (χ3v) is 2.52. The molecule has 1 unspecified atom stereocenters. The SMILES string of the molecule is C#CCCCn1cncc1C(N)C(C)C. The van der Waals surface area contributed by atoms with E-state index in [1.165, 1.54) is 0 Å². The number of aromatic nitrogens is 2. The molecule has 0 saturated carbocycles. The van der Waals surface area contributed by atoms with E-state index in [1.807, 2.05) is 12.5 Å². The van der Waals surface area contributed by atoms with Gasteiger partial charge in [-0.3, -0.25) is 0 Å². The number of nitrogens with two attached hydrogens (primary N) is 1. The van der Waals surface area contributed by atoms with Crippen LogP contribution in [-0.2, 0) is 6.54 Å². The van der Waals surface area contributed by atoms with Crippen LogP contribution in [0.2, 0.25) is 0 Å². The molecule has 1 aromatic heterocycles. The van der Waals surface area contributed by atoms with Gasteiger partial charge in [-0.25, -0.2) is 4.98 Å². The Bertz CT molecular complexity index is 333. The molecule has 0 aliphatic heterocycles. The standard InChI is InChI=1S/C12H19N3/c1-4-5-6-7-15-9-14-8-11(15)12(13)10(2)3/h1,8-10,12H,5-7,13H2,2-3H3. The quantitative estimate of drug-likeness (QED) is 0.590.